The summed E-state index contributed by atoms with van der Waals surface area (Å²) in [6.07, 6.45) is 2.42. The second-order valence-corrected chi connectivity index (χ2v) is 6.83. The van der Waals surface area contributed by atoms with Gasteiger partial charge >= 0.3 is 5.97 Å². The molecule has 0 aromatic carbocycles. The number of ether oxygens (including phenoxy) is 1. The third-order valence-electron chi connectivity index (χ3n) is 3.82. The molecule has 1 saturated heterocycles. The van der Waals surface area contributed by atoms with Crippen LogP contribution in [0.3, 0.4) is 0 Å². The molecule has 1 aromatic heterocycles. The molecule has 25 heavy (non-hydrogen) atoms. The van der Waals surface area contributed by atoms with Crippen molar-refractivity contribution in [3.63, 3.8) is 0 Å². The van der Waals surface area contributed by atoms with Gasteiger partial charge in [-0.2, -0.15) is 0 Å². The Bertz CT molecular complexity index is 610. The van der Waals surface area contributed by atoms with Crippen LogP contribution in [-0.2, 0) is 26.2 Å². The number of amides is 2. The summed E-state index contributed by atoms with van der Waals surface area (Å²) in [6, 6.07) is -0.877. The maximum atomic E-state index is 12.3. The minimum atomic E-state index is -0.877. The lowest BCUT2D eigenvalue weighted by Gasteiger charge is -2.36. The summed E-state index contributed by atoms with van der Waals surface area (Å²) in [5.41, 5.74) is 0. The van der Waals surface area contributed by atoms with Crippen molar-refractivity contribution in [2.24, 2.45) is 13.0 Å². The molecule has 138 valence electrons. The first-order valence-electron chi connectivity index (χ1n) is 8.01. The number of carbonyl (C=O) groups is 3. The standard InChI is InChI=1S/C15H23N5O4S/c1-4-24-15(23)12(5-16-9-21)18-14(22)11-6-20(7-11)25-13-8-19(3)10(2)17-13/h8-9,11-12H,4-7H2,1-3H3,(H,16,21)(H,18,22). The molecule has 2 rings (SSSR count). The molecule has 2 amide bonds. The van der Waals surface area contributed by atoms with E-state index >= 15 is 0 Å². The molecule has 2 N–H and O–H groups in total. The first-order valence-corrected chi connectivity index (χ1v) is 8.78. The fraction of sp³-hybridized carbons (Fsp3) is 0.600. The summed E-state index contributed by atoms with van der Waals surface area (Å²) >= 11 is 1.50. The zero-order valence-corrected chi connectivity index (χ0v) is 15.3. The van der Waals surface area contributed by atoms with Gasteiger partial charge in [-0.15, -0.1) is 0 Å². The zero-order valence-electron chi connectivity index (χ0n) is 14.5. The molecule has 0 bridgehead atoms. The predicted octanol–water partition coefficient (Wildman–Crippen LogP) is -0.539. The van der Waals surface area contributed by atoms with Crippen LogP contribution in [0.2, 0.25) is 0 Å². The highest BCUT2D eigenvalue weighted by molar-refractivity contribution is 7.97. The molecule has 1 aromatic rings. The lowest BCUT2D eigenvalue weighted by Crippen LogP contribution is -2.56. The Morgan fingerprint density at radius 1 is 1.52 bits per heavy atom. The van der Waals surface area contributed by atoms with Crippen LogP contribution >= 0.6 is 11.9 Å². The summed E-state index contributed by atoms with van der Waals surface area (Å²) in [4.78, 5) is 38.9. The van der Waals surface area contributed by atoms with Crippen LogP contribution in [0, 0.1) is 12.8 Å². The molecule has 1 unspecified atom stereocenters. The average Bonchev–Trinajstić information content (AvgIpc) is 2.85. The van der Waals surface area contributed by atoms with E-state index in [4.69, 9.17) is 4.74 Å². The number of aromatic nitrogens is 2. The molecular weight excluding hydrogens is 346 g/mol. The van der Waals surface area contributed by atoms with Gasteiger partial charge in [-0.3, -0.25) is 9.59 Å². The number of aryl methyl sites for hydroxylation is 2. The van der Waals surface area contributed by atoms with Crippen molar-refractivity contribution in [3.05, 3.63) is 12.0 Å². The van der Waals surface area contributed by atoms with E-state index in [1.807, 2.05) is 29.0 Å². The number of hydrogen-bond donors (Lipinski definition) is 2. The largest absolute Gasteiger partial charge is 0.464 e. The molecule has 1 aliphatic heterocycles. The monoisotopic (exact) mass is 369 g/mol. The summed E-state index contributed by atoms with van der Waals surface area (Å²) in [5.74, 6) is -0.0535. The number of nitrogens with zero attached hydrogens (tertiary/aromatic N) is 3. The number of rotatable bonds is 9. The minimum absolute atomic E-state index is 0.00642. The van der Waals surface area contributed by atoms with Gasteiger partial charge in [0.05, 0.1) is 12.5 Å². The highest BCUT2D eigenvalue weighted by Crippen LogP contribution is 2.29. The van der Waals surface area contributed by atoms with Gasteiger partial charge in [0.2, 0.25) is 12.3 Å². The van der Waals surface area contributed by atoms with E-state index in [-0.39, 0.29) is 25.0 Å². The second-order valence-electron chi connectivity index (χ2n) is 5.71. The Kier molecular flexibility index (Phi) is 6.82. The van der Waals surface area contributed by atoms with Crippen LogP contribution in [0.15, 0.2) is 11.2 Å². The lowest BCUT2D eigenvalue weighted by molar-refractivity contribution is -0.148. The second kappa shape index (κ2) is 8.86. The van der Waals surface area contributed by atoms with Crippen molar-refractivity contribution in [2.75, 3.05) is 26.2 Å². The molecule has 1 aliphatic rings. The van der Waals surface area contributed by atoms with E-state index in [9.17, 15) is 14.4 Å². The highest BCUT2D eigenvalue weighted by Gasteiger charge is 2.35. The molecule has 1 fully saturated rings. The predicted molar refractivity (Wildman–Crippen MR) is 91.5 cm³/mol. The van der Waals surface area contributed by atoms with E-state index in [0.717, 1.165) is 10.9 Å². The lowest BCUT2D eigenvalue weighted by atomic mass is 10.0. The van der Waals surface area contributed by atoms with E-state index < -0.39 is 12.0 Å². The first-order chi connectivity index (χ1) is 11.9. The number of hydrogen-bond acceptors (Lipinski definition) is 7. The van der Waals surface area contributed by atoms with Gasteiger partial charge in [0, 0.05) is 32.9 Å². The molecule has 2 heterocycles. The zero-order chi connectivity index (χ0) is 18.4. The Morgan fingerprint density at radius 3 is 2.80 bits per heavy atom. The summed E-state index contributed by atoms with van der Waals surface area (Å²) in [5, 5.41) is 5.93. The van der Waals surface area contributed by atoms with E-state index in [2.05, 4.69) is 15.6 Å². The topological polar surface area (TPSA) is 106 Å². The molecule has 0 saturated carbocycles. The van der Waals surface area contributed by atoms with Gasteiger partial charge in [0.25, 0.3) is 0 Å². The minimum Gasteiger partial charge on any atom is -0.464 e. The normalized spacial score (nSPS) is 16.0. The van der Waals surface area contributed by atoms with Crippen molar-refractivity contribution >= 4 is 30.2 Å². The highest BCUT2D eigenvalue weighted by atomic mass is 32.2. The molecule has 9 nitrogen and oxygen atoms in total. The molecule has 1 atom stereocenters. The van der Waals surface area contributed by atoms with Crippen molar-refractivity contribution in [1.29, 1.82) is 0 Å². The van der Waals surface area contributed by atoms with Crippen LogP contribution in [-0.4, -0.2) is 64.4 Å². The van der Waals surface area contributed by atoms with Crippen LogP contribution in [0.4, 0.5) is 0 Å². The molecule has 0 radical (unpaired) electrons. The molecular formula is C15H23N5O4S. The Labute approximate surface area is 150 Å². The van der Waals surface area contributed by atoms with Crippen LogP contribution in [0.1, 0.15) is 12.7 Å². The van der Waals surface area contributed by atoms with Crippen LogP contribution < -0.4 is 10.6 Å². The van der Waals surface area contributed by atoms with E-state index in [1.165, 1.54) is 11.9 Å². The smallest absolute Gasteiger partial charge is 0.330 e. The van der Waals surface area contributed by atoms with Crippen LogP contribution in [0.5, 0.6) is 0 Å². The van der Waals surface area contributed by atoms with Gasteiger partial charge in [-0.1, -0.05) is 0 Å². The Morgan fingerprint density at radius 2 is 2.24 bits per heavy atom. The van der Waals surface area contributed by atoms with Gasteiger partial charge < -0.3 is 19.9 Å². The maximum Gasteiger partial charge on any atom is 0.330 e. The number of imidazole rings is 1. The van der Waals surface area contributed by atoms with Crippen molar-refractivity contribution in [2.45, 2.75) is 24.9 Å². The molecule has 0 aliphatic carbocycles. The van der Waals surface area contributed by atoms with E-state index in [1.54, 1.807) is 6.92 Å². The van der Waals surface area contributed by atoms with Gasteiger partial charge in [0.1, 0.15) is 16.9 Å². The summed E-state index contributed by atoms with van der Waals surface area (Å²) < 4.78 is 8.89. The summed E-state index contributed by atoms with van der Waals surface area (Å²) in [6.45, 7) is 4.98. The van der Waals surface area contributed by atoms with Crippen LogP contribution in [0.25, 0.3) is 0 Å². The third-order valence-corrected chi connectivity index (χ3v) is 4.76. The average molecular weight is 369 g/mol. The number of nitrogens with one attached hydrogen (secondary N) is 2. The van der Waals surface area contributed by atoms with Crippen molar-refractivity contribution < 1.29 is 19.1 Å². The summed E-state index contributed by atoms with van der Waals surface area (Å²) in [7, 11) is 1.93. The van der Waals surface area contributed by atoms with Gasteiger partial charge in [-0.05, 0) is 25.8 Å². The third kappa shape index (κ3) is 5.20. The molecule has 10 heteroatoms. The van der Waals surface area contributed by atoms with Gasteiger partial charge in [0.15, 0.2) is 0 Å². The van der Waals surface area contributed by atoms with Gasteiger partial charge in [-0.25, -0.2) is 14.1 Å². The fourth-order valence-corrected chi connectivity index (χ4v) is 3.42. The quantitative estimate of drug-likeness (QED) is 0.342. The van der Waals surface area contributed by atoms with E-state index in [0.29, 0.717) is 19.5 Å². The number of carbonyl (C=O) groups excluding carboxylic acids is 3. The molecule has 0 spiro atoms. The Balaban J connectivity index is 1.80. The fourth-order valence-electron chi connectivity index (χ4n) is 2.27. The number of esters is 1. The SMILES string of the molecule is CCOC(=O)C(CNC=O)NC(=O)C1CN(Sc2cn(C)c(C)n2)C1. The van der Waals surface area contributed by atoms with Crippen molar-refractivity contribution in [3.8, 4) is 0 Å². The Hall–Kier alpha value is -2.07. The maximum absolute atomic E-state index is 12.3. The van der Waals surface area contributed by atoms with Crippen molar-refractivity contribution in [1.82, 2.24) is 24.5 Å². The first kappa shape index (κ1) is 19.3.